The van der Waals surface area contributed by atoms with Crippen LogP contribution in [-0.4, -0.2) is 27.0 Å². The summed E-state index contributed by atoms with van der Waals surface area (Å²) in [6.45, 7) is -0.0524. The number of hydrogen-bond donors (Lipinski definition) is 1. The zero-order valence-electron chi connectivity index (χ0n) is 11.3. The predicted octanol–water partition coefficient (Wildman–Crippen LogP) is 2.41. The van der Waals surface area contributed by atoms with Crippen LogP contribution in [0.4, 0.5) is 0 Å². The van der Waals surface area contributed by atoms with Gasteiger partial charge in [-0.1, -0.05) is 23.9 Å². The van der Waals surface area contributed by atoms with Crippen LogP contribution in [0.3, 0.4) is 0 Å². The Morgan fingerprint density at radius 1 is 1.40 bits per heavy atom. The molecule has 6 heteroatoms. The lowest BCUT2D eigenvalue weighted by molar-refractivity contribution is 0.263. The van der Waals surface area contributed by atoms with Crippen molar-refractivity contribution in [2.75, 3.05) is 7.11 Å². The Balaban J connectivity index is 1.73. The first-order valence-electron chi connectivity index (χ1n) is 6.62. The van der Waals surface area contributed by atoms with Gasteiger partial charge in [-0.2, -0.15) is 0 Å². The molecule has 0 bridgehead atoms. The summed E-state index contributed by atoms with van der Waals surface area (Å²) in [5.74, 6) is 2.34. The van der Waals surface area contributed by atoms with E-state index in [0.29, 0.717) is 11.9 Å². The second-order valence-corrected chi connectivity index (χ2v) is 5.74. The van der Waals surface area contributed by atoms with Gasteiger partial charge in [-0.05, 0) is 30.5 Å². The average molecular weight is 291 g/mol. The van der Waals surface area contributed by atoms with E-state index in [9.17, 15) is 5.11 Å². The lowest BCUT2D eigenvalue weighted by atomic mass is 10.2. The molecule has 0 amide bonds. The van der Waals surface area contributed by atoms with Crippen LogP contribution in [0.25, 0.3) is 0 Å². The first-order chi connectivity index (χ1) is 9.81. The summed E-state index contributed by atoms with van der Waals surface area (Å²) in [6.07, 6.45) is 2.30. The van der Waals surface area contributed by atoms with Gasteiger partial charge >= 0.3 is 0 Å². The normalized spacial score (nSPS) is 14.5. The molecule has 5 nitrogen and oxygen atoms in total. The van der Waals surface area contributed by atoms with Crippen molar-refractivity contribution < 1.29 is 9.84 Å². The minimum atomic E-state index is -0.0524. The van der Waals surface area contributed by atoms with Gasteiger partial charge in [0.25, 0.3) is 0 Å². The first kappa shape index (κ1) is 13.5. The molecule has 0 aliphatic heterocycles. The third-order valence-corrected chi connectivity index (χ3v) is 4.30. The Kier molecular flexibility index (Phi) is 3.93. The van der Waals surface area contributed by atoms with Gasteiger partial charge < -0.3 is 14.4 Å². The first-order valence-corrected chi connectivity index (χ1v) is 7.60. The molecule has 1 heterocycles. The van der Waals surface area contributed by atoms with Gasteiger partial charge in [0.05, 0.1) is 7.11 Å². The zero-order chi connectivity index (χ0) is 13.9. The molecule has 1 saturated carbocycles. The molecular weight excluding hydrogens is 274 g/mol. The summed E-state index contributed by atoms with van der Waals surface area (Å²) < 4.78 is 7.30. The number of ether oxygens (including phenoxy) is 1. The molecule has 1 fully saturated rings. The number of thioether (sulfide) groups is 1. The van der Waals surface area contributed by atoms with Gasteiger partial charge in [0.1, 0.15) is 12.4 Å². The quantitative estimate of drug-likeness (QED) is 0.828. The largest absolute Gasteiger partial charge is 0.497 e. The number of benzene rings is 1. The molecule has 1 aliphatic rings. The van der Waals surface area contributed by atoms with Gasteiger partial charge in [0.2, 0.25) is 0 Å². The van der Waals surface area contributed by atoms with Gasteiger partial charge in [0.15, 0.2) is 11.0 Å². The van der Waals surface area contributed by atoms with E-state index in [4.69, 9.17) is 4.74 Å². The highest BCUT2D eigenvalue weighted by Gasteiger charge is 2.29. The van der Waals surface area contributed by atoms with Crippen LogP contribution in [0.1, 0.15) is 30.3 Å². The number of rotatable bonds is 6. The van der Waals surface area contributed by atoms with Gasteiger partial charge in [-0.15, -0.1) is 10.2 Å². The molecule has 20 heavy (non-hydrogen) atoms. The average Bonchev–Trinajstić information content (AvgIpc) is 3.25. The summed E-state index contributed by atoms with van der Waals surface area (Å²) in [5, 5.41) is 18.5. The van der Waals surface area contributed by atoms with Crippen molar-refractivity contribution in [3.05, 3.63) is 35.7 Å². The summed E-state index contributed by atoms with van der Waals surface area (Å²) >= 11 is 1.65. The van der Waals surface area contributed by atoms with Crippen molar-refractivity contribution in [2.24, 2.45) is 0 Å². The smallest absolute Gasteiger partial charge is 0.191 e. The summed E-state index contributed by atoms with van der Waals surface area (Å²) in [4.78, 5) is 0. The number of aromatic nitrogens is 3. The fourth-order valence-corrected chi connectivity index (χ4v) is 3.09. The number of methoxy groups -OCH3 is 1. The fraction of sp³-hybridized carbons (Fsp3) is 0.429. The third-order valence-electron chi connectivity index (χ3n) is 3.29. The van der Waals surface area contributed by atoms with E-state index >= 15 is 0 Å². The highest BCUT2D eigenvalue weighted by atomic mass is 32.2. The third kappa shape index (κ3) is 2.81. The second kappa shape index (κ2) is 5.85. The molecule has 0 unspecified atom stereocenters. The Morgan fingerprint density at radius 3 is 2.95 bits per heavy atom. The zero-order valence-corrected chi connectivity index (χ0v) is 12.1. The van der Waals surface area contributed by atoms with E-state index < -0.39 is 0 Å². The topological polar surface area (TPSA) is 60.2 Å². The molecule has 1 aromatic heterocycles. The minimum absolute atomic E-state index is 0.0524. The number of aliphatic hydroxyl groups is 1. The highest BCUT2D eigenvalue weighted by molar-refractivity contribution is 7.98. The second-order valence-electron chi connectivity index (χ2n) is 4.80. The van der Waals surface area contributed by atoms with Crippen LogP contribution in [0, 0.1) is 0 Å². The van der Waals surface area contributed by atoms with Crippen molar-refractivity contribution in [3.63, 3.8) is 0 Å². The van der Waals surface area contributed by atoms with Gasteiger partial charge in [0, 0.05) is 11.8 Å². The Labute approximate surface area is 122 Å². The van der Waals surface area contributed by atoms with Gasteiger partial charge in [-0.3, -0.25) is 0 Å². The maximum absolute atomic E-state index is 9.31. The maximum atomic E-state index is 9.31. The van der Waals surface area contributed by atoms with E-state index in [0.717, 1.165) is 29.5 Å². The van der Waals surface area contributed by atoms with Crippen LogP contribution in [-0.2, 0) is 12.4 Å². The summed E-state index contributed by atoms with van der Waals surface area (Å²) in [6, 6.07) is 8.49. The van der Waals surface area contributed by atoms with Crippen LogP contribution in [0.15, 0.2) is 29.4 Å². The van der Waals surface area contributed by atoms with Gasteiger partial charge in [-0.25, -0.2) is 0 Å². The molecule has 1 aliphatic carbocycles. The Morgan fingerprint density at radius 2 is 2.25 bits per heavy atom. The number of aliphatic hydroxyl groups excluding tert-OH is 1. The van der Waals surface area contributed by atoms with E-state index in [-0.39, 0.29) is 6.61 Å². The standard InChI is InChI=1S/C14H17N3O2S/c1-19-12-4-2-3-10(7-12)9-20-14-16-15-13(8-18)17(14)11-5-6-11/h2-4,7,11,18H,5-6,8-9H2,1H3. The van der Waals surface area contributed by atoms with Crippen LogP contribution in [0.2, 0.25) is 0 Å². The van der Waals surface area contributed by atoms with Crippen molar-refractivity contribution in [1.82, 2.24) is 14.8 Å². The van der Waals surface area contributed by atoms with Crippen molar-refractivity contribution in [2.45, 2.75) is 36.4 Å². The molecule has 0 spiro atoms. The summed E-state index contributed by atoms with van der Waals surface area (Å²) in [5.41, 5.74) is 1.19. The minimum Gasteiger partial charge on any atom is -0.497 e. The number of hydrogen-bond acceptors (Lipinski definition) is 5. The molecular formula is C14H17N3O2S. The molecule has 3 rings (SSSR count). The predicted molar refractivity (Wildman–Crippen MR) is 76.8 cm³/mol. The molecule has 0 saturated heterocycles. The molecule has 2 aromatic rings. The Hall–Kier alpha value is -1.53. The maximum Gasteiger partial charge on any atom is 0.191 e. The monoisotopic (exact) mass is 291 g/mol. The van der Waals surface area contributed by atoms with E-state index in [2.05, 4.69) is 20.8 Å². The molecule has 0 atom stereocenters. The van der Waals surface area contributed by atoms with Crippen LogP contribution in [0.5, 0.6) is 5.75 Å². The van der Waals surface area contributed by atoms with E-state index in [1.807, 2.05) is 18.2 Å². The summed E-state index contributed by atoms with van der Waals surface area (Å²) in [7, 11) is 1.67. The lowest BCUT2D eigenvalue weighted by Crippen LogP contribution is -2.02. The van der Waals surface area contributed by atoms with Crippen LogP contribution < -0.4 is 4.74 Å². The fourth-order valence-electron chi connectivity index (χ4n) is 2.12. The van der Waals surface area contributed by atoms with E-state index in [1.165, 1.54) is 5.56 Å². The van der Waals surface area contributed by atoms with Crippen molar-refractivity contribution in [1.29, 1.82) is 0 Å². The molecule has 1 aromatic carbocycles. The van der Waals surface area contributed by atoms with Crippen molar-refractivity contribution in [3.8, 4) is 5.75 Å². The molecule has 106 valence electrons. The SMILES string of the molecule is COc1cccc(CSc2nnc(CO)n2C2CC2)c1. The molecule has 1 N–H and O–H groups in total. The van der Waals surface area contributed by atoms with Crippen LogP contribution >= 0.6 is 11.8 Å². The number of nitrogens with zero attached hydrogens (tertiary/aromatic N) is 3. The highest BCUT2D eigenvalue weighted by Crippen LogP contribution is 2.39. The Bertz CT molecular complexity index is 596. The van der Waals surface area contributed by atoms with Crippen molar-refractivity contribution >= 4 is 11.8 Å². The lowest BCUT2D eigenvalue weighted by Gasteiger charge is -2.07. The van der Waals surface area contributed by atoms with E-state index in [1.54, 1.807) is 18.9 Å². The molecule has 0 radical (unpaired) electrons.